The smallest absolute Gasteiger partial charge is 0.456 e. The highest BCUT2D eigenvalue weighted by atomic mass is 31.2. The first kappa shape index (κ1) is 28.8. The second kappa shape index (κ2) is 11.7. The lowest BCUT2D eigenvalue weighted by Gasteiger charge is -2.46. The fourth-order valence-corrected chi connectivity index (χ4v) is 6.33. The number of rotatable bonds is 11. The number of carbonyl (C=O) groups is 2. The summed E-state index contributed by atoms with van der Waals surface area (Å²) in [6.07, 6.45) is -1.02. The molecule has 42 heavy (non-hydrogen) atoms. The van der Waals surface area contributed by atoms with Crippen molar-refractivity contribution in [2.75, 3.05) is 0 Å². The quantitative estimate of drug-likeness (QED) is 0.106. The number of para-hydroxylation sites is 2. The molecule has 1 amide bonds. The van der Waals surface area contributed by atoms with E-state index in [1.807, 2.05) is 0 Å². The number of nitrogens with zero attached hydrogens (tertiary/aromatic N) is 2. The van der Waals surface area contributed by atoms with Gasteiger partial charge in [-0.1, -0.05) is 43.3 Å². The fraction of sp³-hybridized carbons (Fsp3) is 0.241. The number of ether oxygens (including phenoxy) is 1. The summed E-state index contributed by atoms with van der Waals surface area (Å²) in [5.74, 6) is -2.82. The third kappa shape index (κ3) is 5.72. The normalized spacial score (nSPS) is 20.3. The van der Waals surface area contributed by atoms with Crippen LogP contribution in [0.3, 0.4) is 0 Å². The van der Waals surface area contributed by atoms with Crippen molar-refractivity contribution < 1.29 is 42.5 Å². The number of amides is 1. The highest BCUT2D eigenvalue weighted by Gasteiger charge is 2.62. The van der Waals surface area contributed by atoms with Crippen molar-refractivity contribution in [2.45, 2.75) is 32.6 Å². The molecule has 2 heterocycles. The molecule has 2 aliphatic rings. The second-order valence-corrected chi connectivity index (χ2v) is 11.3. The molecule has 3 unspecified atom stereocenters. The number of phosphoric ester groups is 1. The first-order valence-electron chi connectivity index (χ1n) is 13.0. The van der Waals surface area contributed by atoms with Gasteiger partial charge in [0, 0.05) is 18.1 Å². The third-order valence-corrected chi connectivity index (χ3v) is 8.24. The van der Waals surface area contributed by atoms with Crippen molar-refractivity contribution >= 4 is 25.4 Å². The van der Waals surface area contributed by atoms with Gasteiger partial charge in [0.05, 0.1) is 23.0 Å². The number of aliphatic hydroxyl groups is 1. The van der Waals surface area contributed by atoms with E-state index < -0.39 is 48.6 Å². The number of benzene rings is 3. The van der Waals surface area contributed by atoms with Gasteiger partial charge in [-0.05, 0) is 48.9 Å². The predicted octanol–water partition coefficient (Wildman–Crippen LogP) is 4.99. The fourth-order valence-electron chi connectivity index (χ4n) is 4.96. The molecule has 0 bridgehead atoms. The minimum Gasteiger partial charge on any atom is -0.456 e. The van der Waals surface area contributed by atoms with E-state index in [0.717, 1.165) is 0 Å². The average Bonchev–Trinajstić information content (AvgIpc) is 3.20. The molecule has 0 radical (unpaired) electrons. The number of carbonyl (C=O) groups excluding carboxylic acids is 2. The molecule has 1 saturated heterocycles. The number of non-ortho nitro benzene ring substituents is 1. The number of fused-ring (bicyclic) bond motifs is 1. The highest BCUT2D eigenvalue weighted by molar-refractivity contribution is 7.49. The maximum atomic E-state index is 14.2. The van der Waals surface area contributed by atoms with Crippen LogP contribution in [0.5, 0.6) is 11.5 Å². The molecule has 1 N–H and O–H groups in total. The van der Waals surface area contributed by atoms with Crippen LogP contribution in [0.4, 0.5) is 5.69 Å². The number of aliphatic hydroxyl groups excluding tert-OH is 1. The average molecular weight is 595 g/mol. The van der Waals surface area contributed by atoms with E-state index in [1.165, 1.54) is 36.1 Å². The Morgan fingerprint density at radius 1 is 0.976 bits per heavy atom. The van der Waals surface area contributed by atoms with Crippen molar-refractivity contribution in [1.82, 2.24) is 4.90 Å². The summed E-state index contributed by atoms with van der Waals surface area (Å²) in [5.41, 5.74) is 0.0469. The van der Waals surface area contributed by atoms with Gasteiger partial charge < -0.3 is 23.4 Å². The topological polar surface area (TPSA) is 155 Å². The largest absolute Gasteiger partial charge is 0.646 e. The number of nitro benzene ring substituents is 1. The summed E-state index contributed by atoms with van der Waals surface area (Å²) in [4.78, 5) is 38.1. The molecule has 5 rings (SSSR count). The van der Waals surface area contributed by atoms with Crippen molar-refractivity contribution in [2.24, 2.45) is 11.8 Å². The zero-order chi connectivity index (χ0) is 30.0. The van der Waals surface area contributed by atoms with Crippen LogP contribution in [0.1, 0.15) is 19.4 Å². The Hall–Kier alpha value is -4.67. The summed E-state index contributed by atoms with van der Waals surface area (Å²) >= 11 is 0. The summed E-state index contributed by atoms with van der Waals surface area (Å²) in [6, 6.07) is 21.1. The van der Waals surface area contributed by atoms with Gasteiger partial charge in [0.15, 0.2) is 5.70 Å². The molecule has 12 nitrogen and oxygen atoms in total. The number of phosphoric acid groups is 1. The molecule has 3 aromatic rings. The lowest BCUT2D eigenvalue weighted by atomic mass is 9.79. The van der Waals surface area contributed by atoms with Crippen molar-refractivity contribution in [3.05, 3.63) is 112 Å². The monoisotopic (exact) mass is 594 g/mol. The minimum atomic E-state index is -4.54. The van der Waals surface area contributed by atoms with Crippen LogP contribution in [0.2, 0.25) is 0 Å². The summed E-state index contributed by atoms with van der Waals surface area (Å²) in [5, 5.41) is 21.2. The van der Waals surface area contributed by atoms with E-state index in [9.17, 15) is 29.4 Å². The highest BCUT2D eigenvalue weighted by Crippen LogP contribution is 2.57. The molecule has 1 fully saturated rings. The Morgan fingerprint density at radius 3 is 2.02 bits per heavy atom. The summed E-state index contributed by atoms with van der Waals surface area (Å²) in [6.45, 7) is 2.87. The van der Waals surface area contributed by atoms with Crippen LogP contribution < -0.4 is 9.05 Å². The molecule has 3 aromatic carbocycles. The maximum Gasteiger partial charge on any atom is 0.646 e. The Labute approximate surface area is 240 Å². The van der Waals surface area contributed by atoms with Gasteiger partial charge >= 0.3 is 13.8 Å². The van der Waals surface area contributed by atoms with Crippen molar-refractivity contribution in [3.63, 3.8) is 0 Å². The number of β-lactam (4-membered cyclic amide) rings is 1. The van der Waals surface area contributed by atoms with Gasteiger partial charge in [0.1, 0.15) is 23.9 Å². The van der Waals surface area contributed by atoms with E-state index in [-0.39, 0.29) is 35.2 Å². The molecule has 0 aliphatic carbocycles. The SMILES string of the molecule is CC(O)C1C(=O)N2C(C(=O)OCc3ccc([N+](=O)[O-])cc3)=C(OP(=O)(Oc3ccccc3)Oc3ccccc3)C(C)[C@@H]12. The van der Waals surface area contributed by atoms with E-state index in [4.69, 9.17) is 18.3 Å². The van der Waals surface area contributed by atoms with Gasteiger partial charge in [-0.2, -0.15) is 4.57 Å². The molecule has 0 saturated carbocycles. The Balaban J connectivity index is 1.48. The van der Waals surface area contributed by atoms with Crippen LogP contribution in [-0.2, 0) is 30.0 Å². The van der Waals surface area contributed by atoms with Gasteiger partial charge in [-0.3, -0.25) is 19.8 Å². The Kier molecular flexibility index (Phi) is 8.02. The van der Waals surface area contributed by atoms with Crippen molar-refractivity contribution in [1.29, 1.82) is 0 Å². The molecule has 2 aliphatic heterocycles. The number of esters is 1. The summed E-state index contributed by atoms with van der Waals surface area (Å²) in [7, 11) is -4.54. The molecule has 0 spiro atoms. The molecule has 13 heteroatoms. The van der Waals surface area contributed by atoms with E-state index in [2.05, 4.69) is 0 Å². The second-order valence-electron chi connectivity index (χ2n) is 9.81. The van der Waals surface area contributed by atoms with Gasteiger partial charge in [0.25, 0.3) is 5.69 Å². The van der Waals surface area contributed by atoms with Crippen LogP contribution >= 0.6 is 7.82 Å². The van der Waals surface area contributed by atoms with Crippen molar-refractivity contribution in [3.8, 4) is 11.5 Å². The lowest BCUT2D eigenvalue weighted by Crippen LogP contribution is -2.63. The third-order valence-electron chi connectivity index (χ3n) is 6.95. The Morgan fingerprint density at radius 2 is 1.52 bits per heavy atom. The molecule has 4 atom stereocenters. The molecule has 218 valence electrons. The van der Waals surface area contributed by atoms with Gasteiger partial charge in [-0.15, -0.1) is 0 Å². The van der Waals surface area contributed by atoms with E-state index >= 15 is 0 Å². The predicted molar refractivity (Wildman–Crippen MR) is 148 cm³/mol. The van der Waals surface area contributed by atoms with Crippen LogP contribution in [-0.4, -0.2) is 39.0 Å². The van der Waals surface area contributed by atoms with Gasteiger partial charge in [0.2, 0.25) is 5.91 Å². The zero-order valence-electron chi connectivity index (χ0n) is 22.6. The maximum absolute atomic E-state index is 14.2. The van der Waals surface area contributed by atoms with Crippen LogP contribution in [0.25, 0.3) is 0 Å². The molecule has 0 aromatic heterocycles. The first-order chi connectivity index (χ1) is 20.1. The molecular formula is C29H27N2O10P. The van der Waals surface area contributed by atoms with E-state index in [1.54, 1.807) is 67.6 Å². The van der Waals surface area contributed by atoms with E-state index in [0.29, 0.717) is 5.56 Å². The van der Waals surface area contributed by atoms with Crippen LogP contribution in [0, 0.1) is 22.0 Å². The van der Waals surface area contributed by atoms with Crippen LogP contribution in [0.15, 0.2) is 96.4 Å². The standard InChI is InChI=1S/C29H27N2O10P/c1-18-25-24(19(2)32)28(33)30(25)26(29(34)38-17-20-13-15-21(16-14-20)31(35)36)27(18)41-42(37,39-22-9-5-3-6-10-22)40-23-11-7-4-8-12-23/h3-16,18-19,24-25,32H,17H2,1-2H3/t18?,19?,24?,25-/m0/s1. The lowest BCUT2D eigenvalue weighted by molar-refractivity contribution is -0.384. The Bertz CT molecular complexity index is 1510. The van der Waals surface area contributed by atoms with Gasteiger partial charge in [-0.25, -0.2) is 4.79 Å². The number of nitro groups is 1. The first-order valence-corrected chi connectivity index (χ1v) is 14.5. The number of hydrogen-bond donors (Lipinski definition) is 1. The summed E-state index contributed by atoms with van der Waals surface area (Å²) < 4.78 is 37.0. The minimum absolute atomic E-state index is 0.126. The number of hydrogen-bond acceptors (Lipinski definition) is 10. The zero-order valence-corrected chi connectivity index (χ0v) is 23.5. The molecular weight excluding hydrogens is 567 g/mol.